The topological polar surface area (TPSA) is 6.48 Å². The van der Waals surface area contributed by atoms with Crippen molar-refractivity contribution < 1.29 is 0 Å². The van der Waals surface area contributed by atoms with Crippen molar-refractivity contribution in [2.24, 2.45) is 0 Å². The lowest BCUT2D eigenvalue weighted by molar-refractivity contribution is 0.193. The number of rotatable bonds is 2. The summed E-state index contributed by atoms with van der Waals surface area (Å²) in [6, 6.07) is 0. The van der Waals surface area contributed by atoms with Gasteiger partial charge in [0.2, 0.25) is 0 Å². The van der Waals surface area contributed by atoms with E-state index >= 15 is 0 Å². The summed E-state index contributed by atoms with van der Waals surface area (Å²) in [6.45, 7) is 0. The lowest BCUT2D eigenvalue weighted by atomic mass is 10.8. The van der Waals surface area contributed by atoms with Gasteiger partial charge in [0.15, 0.2) is 3.48 Å². The summed E-state index contributed by atoms with van der Waals surface area (Å²) in [7, 11) is 7.96. The molecule has 0 aliphatic rings. The Morgan fingerprint density at radius 3 is 1.11 bits per heavy atom. The SMILES string of the molecule is CN(C)C(Br)(Br)N(C)C. The second kappa shape index (κ2) is 3.32. The largest absolute Gasteiger partial charge is 0.273 e. The van der Waals surface area contributed by atoms with E-state index in [-0.39, 0.29) is 3.48 Å². The Hall–Kier alpha value is 0.880. The van der Waals surface area contributed by atoms with E-state index in [1.807, 2.05) is 38.0 Å². The first-order valence-corrected chi connectivity index (χ1v) is 4.20. The van der Waals surface area contributed by atoms with Gasteiger partial charge in [0.25, 0.3) is 0 Å². The second-order valence-corrected chi connectivity index (χ2v) is 5.57. The molecule has 0 bridgehead atoms. The predicted molar refractivity (Wildman–Crippen MR) is 48.0 cm³/mol. The van der Waals surface area contributed by atoms with E-state index in [1.54, 1.807) is 0 Å². The quantitative estimate of drug-likeness (QED) is 0.422. The molecule has 0 amide bonds. The fourth-order valence-corrected chi connectivity index (χ4v) is 0.400. The molecule has 4 heteroatoms. The molecule has 0 aromatic carbocycles. The second-order valence-electron chi connectivity index (χ2n) is 2.30. The van der Waals surface area contributed by atoms with Crippen LogP contribution in [0, 0.1) is 0 Å². The number of hydrogen-bond donors (Lipinski definition) is 0. The highest BCUT2D eigenvalue weighted by Gasteiger charge is 2.27. The molecule has 0 saturated carbocycles. The molecule has 0 rings (SSSR count). The average Bonchev–Trinajstić information content (AvgIpc) is 1.65. The number of hydrogen-bond acceptors (Lipinski definition) is 2. The van der Waals surface area contributed by atoms with E-state index < -0.39 is 0 Å². The van der Waals surface area contributed by atoms with E-state index in [9.17, 15) is 0 Å². The van der Waals surface area contributed by atoms with Gasteiger partial charge in [-0.2, -0.15) is 0 Å². The van der Waals surface area contributed by atoms with Gasteiger partial charge < -0.3 is 0 Å². The van der Waals surface area contributed by atoms with E-state index in [0.717, 1.165) is 0 Å². The van der Waals surface area contributed by atoms with Crippen LogP contribution in [0.25, 0.3) is 0 Å². The van der Waals surface area contributed by atoms with E-state index in [0.29, 0.717) is 0 Å². The van der Waals surface area contributed by atoms with Crippen LogP contribution in [0.15, 0.2) is 0 Å². The highest BCUT2D eigenvalue weighted by Crippen LogP contribution is 2.29. The van der Waals surface area contributed by atoms with Crippen LogP contribution in [0.5, 0.6) is 0 Å². The molecule has 9 heavy (non-hydrogen) atoms. The van der Waals surface area contributed by atoms with E-state index in [4.69, 9.17) is 0 Å². The van der Waals surface area contributed by atoms with Crippen molar-refractivity contribution in [2.75, 3.05) is 28.2 Å². The van der Waals surface area contributed by atoms with Crippen LogP contribution in [0.4, 0.5) is 0 Å². The predicted octanol–water partition coefficient (Wildman–Crippen LogP) is 1.51. The summed E-state index contributed by atoms with van der Waals surface area (Å²) in [5.74, 6) is 0. The van der Waals surface area contributed by atoms with E-state index in [2.05, 4.69) is 31.9 Å². The van der Waals surface area contributed by atoms with Gasteiger partial charge in [0, 0.05) is 0 Å². The minimum atomic E-state index is -0.208. The third-order valence-electron chi connectivity index (χ3n) is 1.08. The maximum Gasteiger partial charge on any atom is 0.187 e. The van der Waals surface area contributed by atoms with E-state index in [1.165, 1.54) is 0 Å². The minimum Gasteiger partial charge on any atom is -0.273 e. The smallest absolute Gasteiger partial charge is 0.187 e. The van der Waals surface area contributed by atoms with Crippen LogP contribution >= 0.6 is 31.9 Å². The van der Waals surface area contributed by atoms with Crippen LogP contribution in [0.2, 0.25) is 0 Å². The van der Waals surface area contributed by atoms with Crippen molar-refractivity contribution >= 4 is 31.9 Å². The van der Waals surface area contributed by atoms with Crippen molar-refractivity contribution in [1.29, 1.82) is 0 Å². The first kappa shape index (κ1) is 9.88. The zero-order chi connectivity index (χ0) is 7.65. The Labute approximate surface area is 73.5 Å². The summed E-state index contributed by atoms with van der Waals surface area (Å²) in [4.78, 5) is 4.04. The molecule has 0 aromatic rings. The monoisotopic (exact) mass is 258 g/mol. The van der Waals surface area contributed by atoms with Gasteiger partial charge in [-0.1, -0.05) is 0 Å². The lowest BCUT2D eigenvalue weighted by Crippen LogP contribution is -2.44. The van der Waals surface area contributed by atoms with Crippen LogP contribution in [-0.2, 0) is 0 Å². The molecule has 0 aliphatic carbocycles. The Balaban J connectivity index is 4.01. The summed E-state index contributed by atoms with van der Waals surface area (Å²) < 4.78 is -0.208. The Kier molecular flexibility index (Phi) is 3.65. The van der Waals surface area contributed by atoms with Gasteiger partial charge in [-0.3, -0.25) is 9.80 Å². The molecule has 0 aromatic heterocycles. The van der Waals surface area contributed by atoms with Crippen molar-refractivity contribution in [3.63, 3.8) is 0 Å². The first-order chi connectivity index (χ1) is 3.89. The molecule has 0 radical (unpaired) electrons. The first-order valence-electron chi connectivity index (χ1n) is 2.61. The minimum absolute atomic E-state index is 0.208. The molecule has 0 atom stereocenters. The molecule has 56 valence electrons. The zero-order valence-electron chi connectivity index (χ0n) is 6.15. The fraction of sp³-hybridized carbons (Fsp3) is 1.00. The highest BCUT2D eigenvalue weighted by atomic mass is 79.9. The van der Waals surface area contributed by atoms with Crippen molar-refractivity contribution in [3.8, 4) is 0 Å². The lowest BCUT2D eigenvalue weighted by Gasteiger charge is -2.34. The molecule has 0 unspecified atom stereocenters. The van der Waals surface area contributed by atoms with Crippen LogP contribution < -0.4 is 0 Å². The summed E-state index contributed by atoms with van der Waals surface area (Å²) >= 11 is 6.96. The van der Waals surface area contributed by atoms with Gasteiger partial charge in [0.05, 0.1) is 0 Å². The van der Waals surface area contributed by atoms with Gasteiger partial charge in [-0.25, -0.2) is 0 Å². The maximum atomic E-state index is 3.48. The third kappa shape index (κ3) is 2.53. The summed E-state index contributed by atoms with van der Waals surface area (Å²) in [6.07, 6.45) is 0. The molecule has 0 spiro atoms. The molecule has 2 nitrogen and oxygen atoms in total. The molecule has 0 aliphatic heterocycles. The van der Waals surface area contributed by atoms with Crippen molar-refractivity contribution in [2.45, 2.75) is 3.48 Å². The third-order valence-corrected chi connectivity index (χ3v) is 3.91. The number of halogens is 2. The highest BCUT2D eigenvalue weighted by molar-refractivity contribution is 9.25. The molecular weight excluding hydrogens is 248 g/mol. The normalized spacial score (nSPS) is 13.3. The molecule has 0 fully saturated rings. The van der Waals surface area contributed by atoms with Crippen molar-refractivity contribution in [3.05, 3.63) is 0 Å². The molecular formula is C5H12Br2N2. The van der Waals surface area contributed by atoms with Gasteiger partial charge in [0.1, 0.15) is 0 Å². The number of alkyl halides is 2. The fourth-order valence-electron chi connectivity index (χ4n) is 0.400. The van der Waals surface area contributed by atoms with Crippen molar-refractivity contribution in [1.82, 2.24) is 9.80 Å². The number of nitrogens with zero attached hydrogens (tertiary/aromatic N) is 2. The van der Waals surface area contributed by atoms with Gasteiger partial charge >= 0.3 is 0 Å². The summed E-state index contributed by atoms with van der Waals surface area (Å²) in [5.41, 5.74) is 0. The van der Waals surface area contributed by atoms with Gasteiger partial charge in [-0.05, 0) is 60.1 Å². The molecule has 0 N–H and O–H groups in total. The molecule has 0 saturated heterocycles. The summed E-state index contributed by atoms with van der Waals surface area (Å²) in [5, 5.41) is 0. The Morgan fingerprint density at radius 1 is 0.889 bits per heavy atom. The molecule has 0 heterocycles. The maximum absolute atomic E-state index is 3.48. The van der Waals surface area contributed by atoms with Crippen LogP contribution in [0.3, 0.4) is 0 Å². The zero-order valence-corrected chi connectivity index (χ0v) is 9.32. The Morgan fingerprint density at radius 2 is 1.11 bits per heavy atom. The van der Waals surface area contributed by atoms with Crippen LogP contribution in [0.1, 0.15) is 0 Å². The Bertz CT molecular complexity index is 81.0. The van der Waals surface area contributed by atoms with Gasteiger partial charge in [-0.15, -0.1) is 0 Å². The van der Waals surface area contributed by atoms with Crippen LogP contribution in [-0.4, -0.2) is 41.5 Å². The standard InChI is InChI=1S/C5H12Br2N2/c1-8(2)5(6,7)9(3)4/h1-4H3. The average molecular weight is 260 g/mol.